The van der Waals surface area contributed by atoms with E-state index in [-0.39, 0.29) is 17.7 Å². The Labute approximate surface area is 168 Å². The summed E-state index contributed by atoms with van der Waals surface area (Å²) in [5.74, 6) is -0.871. The third kappa shape index (κ3) is 4.58. The second-order valence-corrected chi connectivity index (χ2v) is 7.17. The van der Waals surface area contributed by atoms with Gasteiger partial charge in [0.05, 0.1) is 6.21 Å². The van der Waals surface area contributed by atoms with Crippen LogP contribution in [0.5, 0.6) is 0 Å². The van der Waals surface area contributed by atoms with Gasteiger partial charge in [-0.05, 0) is 30.2 Å². The van der Waals surface area contributed by atoms with Gasteiger partial charge in [0.2, 0.25) is 0 Å². The number of carbonyl (C=O) groups is 2. The van der Waals surface area contributed by atoms with Gasteiger partial charge in [-0.2, -0.15) is 5.10 Å². The van der Waals surface area contributed by atoms with Crippen LogP contribution < -0.4 is 10.7 Å². The van der Waals surface area contributed by atoms with Crippen LogP contribution in [-0.2, 0) is 4.79 Å². The van der Waals surface area contributed by atoms with E-state index in [2.05, 4.69) is 20.8 Å². The molecule has 1 heterocycles. The Morgan fingerprint density at radius 2 is 1.93 bits per heavy atom. The Hall–Kier alpha value is -3.12. The van der Waals surface area contributed by atoms with E-state index in [9.17, 15) is 9.59 Å². The minimum absolute atomic E-state index is 0.119. The second-order valence-electron chi connectivity index (χ2n) is 6.73. The molecule has 0 saturated heterocycles. The zero-order valence-corrected chi connectivity index (χ0v) is 16.3. The molecule has 6 nitrogen and oxygen atoms in total. The fourth-order valence-corrected chi connectivity index (χ4v) is 3.02. The number of fused-ring (bicyclic) bond motifs is 1. The first-order valence-corrected chi connectivity index (χ1v) is 9.29. The molecule has 28 heavy (non-hydrogen) atoms. The van der Waals surface area contributed by atoms with E-state index in [1.165, 1.54) is 0 Å². The summed E-state index contributed by atoms with van der Waals surface area (Å²) in [6.45, 7) is 3.71. The standard InChI is InChI=1S/C21H21ClN4O2/c1-13(2)19(25-20(27)14-6-5-7-16(22)10-14)21(28)26-24-12-15-11-23-18-9-4-3-8-17(15)18/h3-13,19,23H,1-2H3,(H,25,27)(H,26,28)/b24-12+. The van der Waals surface area contributed by atoms with Crippen molar-refractivity contribution in [3.63, 3.8) is 0 Å². The van der Waals surface area contributed by atoms with Crippen LogP contribution in [0, 0.1) is 5.92 Å². The molecule has 2 amide bonds. The van der Waals surface area contributed by atoms with E-state index in [0.717, 1.165) is 16.5 Å². The fraction of sp³-hybridized carbons (Fsp3) is 0.190. The van der Waals surface area contributed by atoms with Gasteiger partial charge in [0.25, 0.3) is 11.8 Å². The summed E-state index contributed by atoms with van der Waals surface area (Å²) in [4.78, 5) is 28.1. The van der Waals surface area contributed by atoms with Crippen LogP contribution in [0.2, 0.25) is 5.02 Å². The molecule has 0 saturated carbocycles. The zero-order valence-electron chi connectivity index (χ0n) is 15.6. The lowest BCUT2D eigenvalue weighted by molar-refractivity contribution is -0.123. The number of benzene rings is 2. The number of nitrogens with one attached hydrogen (secondary N) is 3. The summed E-state index contributed by atoms with van der Waals surface area (Å²) >= 11 is 5.93. The van der Waals surface area contributed by atoms with Crippen LogP contribution in [0.25, 0.3) is 10.9 Å². The van der Waals surface area contributed by atoms with E-state index >= 15 is 0 Å². The average molecular weight is 397 g/mol. The molecular weight excluding hydrogens is 376 g/mol. The molecule has 1 atom stereocenters. The van der Waals surface area contributed by atoms with Crippen molar-refractivity contribution in [1.82, 2.24) is 15.7 Å². The number of rotatable bonds is 6. The average Bonchev–Trinajstić information content (AvgIpc) is 3.09. The quantitative estimate of drug-likeness (QED) is 0.438. The molecule has 2 aromatic carbocycles. The van der Waals surface area contributed by atoms with Crippen molar-refractivity contribution < 1.29 is 9.59 Å². The maximum absolute atomic E-state index is 12.5. The number of carbonyl (C=O) groups excluding carboxylic acids is 2. The molecule has 144 valence electrons. The van der Waals surface area contributed by atoms with Gasteiger partial charge in [-0.3, -0.25) is 9.59 Å². The number of para-hydroxylation sites is 1. The molecule has 3 N–H and O–H groups in total. The van der Waals surface area contributed by atoms with Gasteiger partial charge in [-0.15, -0.1) is 0 Å². The summed E-state index contributed by atoms with van der Waals surface area (Å²) in [7, 11) is 0. The minimum Gasteiger partial charge on any atom is -0.361 e. The number of hydrazone groups is 1. The van der Waals surface area contributed by atoms with E-state index in [1.54, 1.807) is 30.5 Å². The summed E-state index contributed by atoms with van der Waals surface area (Å²) in [5, 5.41) is 8.26. The first kappa shape index (κ1) is 19.6. The van der Waals surface area contributed by atoms with Crippen molar-refractivity contribution in [3.05, 3.63) is 70.9 Å². The van der Waals surface area contributed by atoms with Crippen molar-refractivity contribution in [2.75, 3.05) is 0 Å². The van der Waals surface area contributed by atoms with Crippen molar-refractivity contribution in [1.29, 1.82) is 0 Å². The van der Waals surface area contributed by atoms with Gasteiger partial charge in [0.1, 0.15) is 6.04 Å². The molecular formula is C21H21ClN4O2. The molecule has 0 radical (unpaired) electrons. The SMILES string of the molecule is CC(C)C(NC(=O)c1cccc(Cl)c1)C(=O)N/N=C/c1c[nH]c2ccccc12. The van der Waals surface area contributed by atoms with E-state index in [4.69, 9.17) is 11.6 Å². The summed E-state index contributed by atoms with van der Waals surface area (Å²) in [5.41, 5.74) is 4.76. The third-order valence-electron chi connectivity index (χ3n) is 4.32. The lowest BCUT2D eigenvalue weighted by atomic mass is 10.0. The van der Waals surface area contributed by atoms with Gasteiger partial charge >= 0.3 is 0 Å². The van der Waals surface area contributed by atoms with Crippen LogP contribution in [0.3, 0.4) is 0 Å². The van der Waals surface area contributed by atoms with Crippen molar-refractivity contribution >= 4 is 40.5 Å². The van der Waals surface area contributed by atoms with Crippen LogP contribution in [0.15, 0.2) is 59.8 Å². The summed E-state index contributed by atoms with van der Waals surface area (Å²) in [6.07, 6.45) is 3.40. The monoisotopic (exact) mass is 396 g/mol. The van der Waals surface area contributed by atoms with E-state index in [0.29, 0.717) is 10.6 Å². The van der Waals surface area contributed by atoms with Crippen LogP contribution in [0.1, 0.15) is 29.8 Å². The number of halogens is 1. The number of hydrogen-bond acceptors (Lipinski definition) is 3. The predicted octanol–water partition coefficient (Wildman–Crippen LogP) is 3.73. The molecule has 1 aromatic heterocycles. The van der Waals surface area contributed by atoms with Gasteiger partial charge in [-0.1, -0.05) is 49.7 Å². The van der Waals surface area contributed by atoms with Crippen molar-refractivity contribution in [3.8, 4) is 0 Å². The first-order chi connectivity index (χ1) is 13.5. The van der Waals surface area contributed by atoms with Gasteiger partial charge < -0.3 is 10.3 Å². The third-order valence-corrected chi connectivity index (χ3v) is 4.56. The first-order valence-electron chi connectivity index (χ1n) is 8.91. The Morgan fingerprint density at radius 3 is 2.68 bits per heavy atom. The molecule has 7 heteroatoms. The maximum atomic E-state index is 12.5. The smallest absolute Gasteiger partial charge is 0.262 e. The van der Waals surface area contributed by atoms with Gasteiger partial charge in [-0.25, -0.2) is 5.43 Å². The molecule has 0 spiro atoms. The van der Waals surface area contributed by atoms with Crippen molar-refractivity contribution in [2.24, 2.45) is 11.0 Å². The number of hydrogen-bond donors (Lipinski definition) is 3. The number of aromatic amines is 1. The molecule has 0 aliphatic heterocycles. The van der Waals surface area contributed by atoms with E-state index < -0.39 is 6.04 Å². The number of nitrogens with zero attached hydrogens (tertiary/aromatic N) is 1. The highest BCUT2D eigenvalue weighted by Gasteiger charge is 2.24. The zero-order chi connectivity index (χ0) is 20.1. The largest absolute Gasteiger partial charge is 0.361 e. The fourth-order valence-electron chi connectivity index (χ4n) is 2.83. The van der Waals surface area contributed by atoms with Crippen LogP contribution in [-0.4, -0.2) is 29.1 Å². The van der Waals surface area contributed by atoms with Gasteiger partial charge in [0.15, 0.2) is 0 Å². The highest BCUT2D eigenvalue weighted by atomic mass is 35.5. The van der Waals surface area contributed by atoms with Crippen LogP contribution >= 0.6 is 11.6 Å². The Morgan fingerprint density at radius 1 is 1.14 bits per heavy atom. The van der Waals surface area contributed by atoms with Crippen molar-refractivity contribution in [2.45, 2.75) is 19.9 Å². The maximum Gasteiger partial charge on any atom is 0.262 e. The Bertz CT molecular complexity index is 1030. The Balaban J connectivity index is 1.67. The number of amides is 2. The summed E-state index contributed by atoms with van der Waals surface area (Å²) in [6, 6.07) is 13.7. The summed E-state index contributed by atoms with van der Waals surface area (Å²) < 4.78 is 0. The molecule has 3 rings (SSSR count). The molecule has 0 aliphatic carbocycles. The lowest BCUT2D eigenvalue weighted by Gasteiger charge is -2.20. The molecule has 0 bridgehead atoms. The number of aromatic nitrogens is 1. The number of H-pyrrole nitrogens is 1. The predicted molar refractivity (Wildman–Crippen MR) is 112 cm³/mol. The second kappa shape index (κ2) is 8.71. The normalized spacial score (nSPS) is 12.4. The van der Waals surface area contributed by atoms with Gasteiger partial charge in [0, 0.05) is 33.2 Å². The minimum atomic E-state index is -0.730. The van der Waals surface area contributed by atoms with E-state index in [1.807, 2.05) is 44.3 Å². The molecule has 3 aromatic rings. The molecule has 0 fully saturated rings. The topological polar surface area (TPSA) is 86.3 Å². The lowest BCUT2D eigenvalue weighted by Crippen LogP contribution is -2.48. The highest BCUT2D eigenvalue weighted by Crippen LogP contribution is 2.15. The molecule has 0 aliphatic rings. The van der Waals surface area contributed by atoms with Crippen LogP contribution in [0.4, 0.5) is 0 Å². The Kier molecular flexibility index (Phi) is 6.11. The molecule has 1 unspecified atom stereocenters. The highest BCUT2D eigenvalue weighted by molar-refractivity contribution is 6.31.